The molecule has 108 valence electrons. The van der Waals surface area contributed by atoms with E-state index in [2.05, 4.69) is 9.89 Å². The molecule has 8 nitrogen and oxygen atoms in total. The van der Waals surface area contributed by atoms with Crippen molar-refractivity contribution in [1.82, 2.24) is 0 Å². The molecule has 0 aromatic carbocycles. The van der Waals surface area contributed by atoms with Crippen LogP contribution in [0, 0.1) is 5.92 Å². The number of hydrogen-bond acceptors (Lipinski definition) is 8. The van der Waals surface area contributed by atoms with E-state index < -0.39 is 24.5 Å². The third-order valence-electron chi connectivity index (χ3n) is 3.19. The fourth-order valence-corrected chi connectivity index (χ4v) is 2.23. The summed E-state index contributed by atoms with van der Waals surface area (Å²) in [5.74, 6) is -0.281. The second kappa shape index (κ2) is 6.18. The average molecular weight is 275 g/mol. The number of nitrogens with zero attached hydrogens (tertiary/aromatic N) is 1. The SMILES string of the molecule is COCOC1CC2=NOCC2C(O)C1OC(=O)OC. The van der Waals surface area contributed by atoms with E-state index in [-0.39, 0.29) is 19.3 Å². The summed E-state index contributed by atoms with van der Waals surface area (Å²) >= 11 is 0. The number of hydrogen-bond donors (Lipinski definition) is 1. The molecule has 1 aliphatic carbocycles. The van der Waals surface area contributed by atoms with E-state index in [1.54, 1.807) is 0 Å². The summed E-state index contributed by atoms with van der Waals surface area (Å²) in [6, 6.07) is 0. The van der Waals surface area contributed by atoms with Crippen LogP contribution >= 0.6 is 0 Å². The molecule has 8 heteroatoms. The summed E-state index contributed by atoms with van der Waals surface area (Å²) in [7, 11) is 2.68. The molecule has 0 saturated heterocycles. The largest absolute Gasteiger partial charge is 0.508 e. The van der Waals surface area contributed by atoms with Crippen molar-refractivity contribution in [3.8, 4) is 0 Å². The molecule has 0 spiro atoms. The molecular weight excluding hydrogens is 258 g/mol. The van der Waals surface area contributed by atoms with Crippen LogP contribution in [0.2, 0.25) is 0 Å². The Morgan fingerprint density at radius 3 is 3.00 bits per heavy atom. The van der Waals surface area contributed by atoms with E-state index in [1.807, 2.05) is 0 Å². The van der Waals surface area contributed by atoms with E-state index in [4.69, 9.17) is 19.0 Å². The number of rotatable bonds is 4. The molecule has 19 heavy (non-hydrogen) atoms. The summed E-state index contributed by atoms with van der Waals surface area (Å²) in [5, 5.41) is 14.1. The third kappa shape index (κ3) is 2.96. The summed E-state index contributed by atoms with van der Waals surface area (Å²) in [6.07, 6.45) is -2.79. The van der Waals surface area contributed by atoms with Crippen molar-refractivity contribution in [2.45, 2.75) is 24.7 Å². The highest BCUT2D eigenvalue weighted by atomic mass is 16.7. The van der Waals surface area contributed by atoms with Gasteiger partial charge in [-0.3, -0.25) is 0 Å². The molecule has 0 aromatic rings. The van der Waals surface area contributed by atoms with Crippen molar-refractivity contribution in [2.75, 3.05) is 27.6 Å². The predicted octanol–water partition coefficient (Wildman–Crippen LogP) is -0.106. The molecule has 1 N–H and O–H groups in total. The first-order valence-electron chi connectivity index (χ1n) is 5.89. The Labute approximate surface area is 110 Å². The smallest absolute Gasteiger partial charge is 0.438 e. The first-order valence-corrected chi connectivity index (χ1v) is 5.89. The Hall–Kier alpha value is -1.38. The minimum absolute atomic E-state index is 0.0250. The Balaban J connectivity index is 2.09. The lowest BCUT2D eigenvalue weighted by atomic mass is 9.81. The van der Waals surface area contributed by atoms with E-state index in [9.17, 15) is 9.90 Å². The highest BCUT2D eigenvalue weighted by molar-refractivity contribution is 5.89. The maximum absolute atomic E-state index is 11.2. The maximum atomic E-state index is 11.2. The van der Waals surface area contributed by atoms with Crippen LogP contribution in [0.5, 0.6) is 0 Å². The highest BCUT2D eigenvalue weighted by Crippen LogP contribution is 2.31. The number of carbonyl (C=O) groups excluding carboxylic acids is 1. The third-order valence-corrected chi connectivity index (χ3v) is 3.19. The van der Waals surface area contributed by atoms with Gasteiger partial charge in [-0.25, -0.2) is 4.79 Å². The fourth-order valence-electron chi connectivity index (χ4n) is 2.23. The van der Waals surface area contributed by atoms with Crippen LogP contribution in [-0.4, -0.2) is 62.9 Å². The summed E-state index contributed by atoms with van der Waals surface area (Å²) < 4.78 is 19.8. The van der Waals surface area contributed by atoms with E-state index in [0.717, 1.165) is 0 Å². The number of methoxy groups -OCH3 is 2. The number of fused-ring (bicyclic) bond motifs is 1. The minimum Gasteiger partial charge on any atom is -0.438 e. The molecule has 4 atom stereocenters. The Morgan fingerprint density at radius 1 is 1.53 bits per heavy atom. The van der Waals surface area contributed by atoms with Gasteiger partial charge in [-0.05, 0) is 0 Å². The normalized spacial score (nSPS) is 33.1. The molecule has 0 bridgehead atoms. The topological polar surface area (TPSA) is 95.8 Å². The minimum atomic E-state index is -0.948. The van der Waals surface area contributed by atoms with Gasteiger partial charge in [-0.1, -0.05) is 5.16 Å². The summed E-state index contributed by atoms with van der Waals surface area (Å²) in [5.41, 5.74) is 0.707. The van der Waals surface area contributed by atoms with Crippen molar-refractivity contribution in [1.29, 1.82) is 0 Å². The van der Waals surface area contributed by atoms with Crippen LogP contribution in [0.15, 0.2) is 5.16 Å². The molecule has 0 radical (unpaired) electrons. The molecule has 0 amide bonds. The van der Waals surface area contributed by atoms with Gasteiger partial charge >= 0.3 is 6.16 Å². The van der Waals surface area contributed by atoms with Gasteiger partial charge < -0.3 is 28.9 Å². The first kappa shape index (κ1) is 14.0. The quantitative estimate of drug-likeness (QED) is 0.565. The van der Waals surface area contributed by atoms with Gasteiger partial charge in [0.2, 0.25) is 0 Å². The molecular formula is C11H17NO7. The van der Waals surface area contributed by atoms with Crippen LogP contribution in [-0.2, 0) is 23.8 Å². The van der Waals surface area contributed by atoms with Crippen LogP contribution in [0.1, 0.15) is 6.42 Å². The molecule has 4 unspecified atom stereocenters. The lowest BCUT2D eigenvalue weighted by Gasteiger charge is -2.36. The van der Waals surface area contributed by atoms with E-state index in [0.29, 0.717) is 12.1 Å². The van der Waals surface area contributed by atoms with Gasteiger partial charge in [-0.2, -0.15) is 0 Å². The number of oxime groups is 1. The molecule has 0 aromatic heterocycles. The standard InChI is InChI=1S/C11H17NO7/c1-15-5-17-8-3-7-6(4-18-12-7)9(13)10(8)19-11(14)16-2/h6,8-10,13H,3-5H2,1-2H3. The predicted molar refractivity (Wildman–Crippen MR) is 61.5 cm³/mol. The Bertz CT molecular complexity index is 359. The Kier molecular flexibility index (Phi) is 4.56. The number of aliphatic hydroxyl groups excluding tert-OH is 1. The molecule has 1 aliphatic heterocycles. The van der Waals surface area contributed by atoms with Gasteiger partial charge in [0.25, 0.3) is 0 Å². The zero-order chi connectivity index (χ0) is 13.8. The van der Waals surface area contributed by atoms with Crippen molar-refractivity contribution in [3.05, 3.63) is 0 Å². The van der Waals surface area contributed by atoms with Crippen molar-refractivity contribution in [2.24, 2.45) is 11.1 Å². The van der Waals surface area contributed by atoms with Gasteiger partial charge in [0, 0.05) is 13.5 Å². The van der Waals surface area contributed by atoms with Gasteiger partial charge in [0.15, 0.2) is 6.10 Å². The van der Waals surface area contributed by atoms with Crippen LogP contribution < -0.4 is 0 Å². The van der Waals surface area contributed by atoms with E-state index >= 15 is 0 Å². The number of aliphatic hydroxyl groups is 1. The zero-order valence-electron chi connectivity index (χ0n) is 10.8. The highest BCUT2D eigenvalue weighted by Gasteiger charge is 2.47. The average Bonchev–Trinajstić information content (AvgIpc) is 2.88. The van der Waals surface area contributed by atoms with Gasteiger partial charge in [0.1, 0.15) is 25.6 Å². The molecule has 2 rings (SSSR count). The fraction of sp³-hybridized carbons (Fsp3) is 0.818. The second-order valence-corrected chi connectivity index (χ2v) is 4.33. The zero-order valence-corrected chi connectivity index (χ0v) is 10.8. The molecule has 1 heterocycles. The first-order chi connectivity index (χ1) is 9.17. The van der Waals surface area contributed by atoms with Crippen molar-refractivity contribution >= 4 is 11.9 Å². The lowest BCUT2D eigenvalue weighted by molar-refractivity contribution is -0.154. The van der Waals surface area contributed by atoms with Crippen LogP contribution in [0.4, 0.5) is 4.79 Å². The van der Waals surface area contributed by atoms with Crippen molar-refractivity contribution in [3.63, 3.8) is 0 Å². The van der Waals surface area contributed by atoms with Crippen molar-refractivity contribution < 1.29 is 33.7 Å². The maximum Gasteiger partial charge on any atom is 0.508 e. The number of ether oxygens (including phenoxy) is 4. The Morgan fingerprint density at radius 2 is 2.32 bits per heavy atom. The molecule has 2 aliphatic rings. The van der Waals surface area contributed by atoms with Gasteiger partial charge in [0.05, 0.1) is 18.7 Å². The lowest BCUT2D eigenvalue weighted by Crippen LogP contribution is -2.53. The van der Waals surface area contributed by atoms with E-state index in [1.165, 1.54) is 14.2 Å². The number of carbonyl (C=O) groups is 1. The molecule has 1 saturated carbocycles. The molecule has 1 fully saturated rings. The summed E-state index contributed by atoms with van der Waals surface area (Å²) in [4.78, 5) is 16.2. The van der Waals surface area contributed by atoms with Gasteiger partial charge in [-0.15, -0.1) is 0 Å². The second-order valence-electron chi connectivity index (χ2n) is 4.33. The van der Waals surface area contributed by atoms with Crippen LogP contribution in [0.3, 0.4) is 0 Å². The van der Waals surface area contributed by atoms with Crippen LogP contribution in [0.25, 0.3) is 0 Å². The summed E-state index contributed by atoms with van der Waals surface area (Å²) in [6.45, 7) is 0.297. The monoisotopic (exact) mass is 275 g/mol.